The Morgan fingerprint density at radius 3 is 2.49 bits per heavy atom. The van der Waals surface area contributed by atoms with E-state index in [2.05, 4.69) is 5.32 Å². The van der Waals surface area contributed by atoms with Crippen LogP contribution in [0.2, 0.25) is 5.02 Å². The van der Waals surface area contributed by atoms with Crippen molar-refractivity contribution >= 4 is 28.9 Å². The fraction of sp³-hybridized carbons (Fsp3) is 0.0800. The summed E-state index contributed by atoms with van der Waals surface area (Å²) in [6.45, 7) is 0.0936. The Hall–Kier alpha value is -4.50. The van der Waals surface area contributed by atoms with Gasteiger partial charge in [-0.2, -0.15) is 0 Å². The zero-order valence-corrected chi connectivity index (χ0v) is 19.2. The minimum absolute atomic E-state index is 0.0147. The van der Waals surface area contributed by atoms with E-state index in [0.717, 1.165) is 0 Å². The zero-order valence-electron chi connectivity index (χ0n) is 18.4. The molecule has 1 heterocycles. The lowest BCUT2D eigenvalue weighted by Crippen LogP contribution is -2.11. The quantitative estimate of drug-likeness (QED) is 0.209. The van der Waals surface area contributed by atoms with Gasteiger partial charge in [-0.25, -0.2) is 0 Å². The highest BCUT2D eigenvalue weighted by atomic mass is 35.5. The number of methoxy groups -OCH3 is 1. The number of furan rings is 1. The fourth-order valence-electron chi connectivity index (χ4n) is 3.07. The Labute approximate surface area is 205 Å². The molecule has 0 spiro atoms. The van der Waals surface area contributed by atoms with Crippen LogP contribution in [-0.4, -0.2) is 17.9 Å². The van der Waals surface area contributed by atoms with Crippen molar-refractivity contribution in [3.8, 4) is 23.0 Å². The average Bonchev–Trinajstić information content (AvgIpc) is 3.33. The maximum Gasteiger partial charge on any atom is 0.291 e. The van der Waals surface area contributed by atoms with Crippen LogP contribution in [0, 0.1) is 10.1 Å². The van der Waals surface area contributed by atoms with E-state index in [-0.39, 0.29) is 29.5 Å². The maximum atomic E-state index is 12.7. The van der Waals surface area contributed by atoms with E-state index in [1.165, 1.54) is 24.3 Å². The summed E-state index contributed by atoms with van der Waals surface area (Å²) in [5, 5.41) is 14.5. The zero-order chi connectivity index (χ0) is 24.8. The van der Waals surface area contributed by atoms with Crippen LogP contribution in [0.3, 0.4) is 0 Å². The van der Waals surface area contributed by atoms with Gasteiger partial charge >= 0.3 is 0 Å². The summed E-state index contributed by atoms with van der Waals surface area (Å²) >= 11 is 5.87. The van der Waals surface area contributed by atoms with Gasteiger partial charge in [-0.05, 0) is 48.5 Å². The van der Waals surface area contributed by atoms with Crippen molar-refractivity contribution in [3.05, 3.63) is 106 Å². The van der Waals surface area contributed by atoms with Crippen LogP contribution in [0.5, 0.6) is 23.0 Å². The molecule has 0 aliphatic heterocycles. The number of non-ortho nitro benzene ring substituents is 1. The first kappa shape index (κ1) is 23.7. The van der Waals surface area contributed by atoms with Gasteiger partial charge in [-0.1, -0.05) is 17.7 Å². The lowest BCUT2D eigenvalue weighted by Gasteiger charge is -2.09. The van der Waals surface area contributed by atoms with Crippen LogP contribution in [0.15, 0.2) is 83.3 Å². The number of nitro benzene ring substituents is 1. The Bertz CT molecular complexity index is 1350. The van der Waals surface area contributed by atoms with Crippen molar-refractivity contribution < 1.29 is 28.3 Å². The predicted molar refractivity (Wildman–Crippen MR) is 129 cm³/mol. The molecule has 1 amide bonds. The van der Waals surface area contributed by atoms with E-state index in [4.69, 9.17) is 30.2 Å². The van der Waals surface area contributed by atoms with Gasteiger partial charge in [0.15, 0.2) is 5.76 Å². The molecule has 178 valence electrons. The largest absolute Gasteiger partial charge is 0.497 e. The number of carbonyl (C=O) groups excluding carboxylic acids is 1. The first-order valence-electron chi connectivity index (χ1n) is 10.3. The summed E-state index contributed by atoms with van der Waals surface area (Å²) in [6.07, 6.45) is 0. The Morgan fingerprint density at radius 1 is 0.971 bits per heavy atom. The monoisotopic (exact) mass is 494 g/mol. The molecule has 4 rings (SSSR count). The number of ether oxygens (including phenoxy) is 3. The van der Waals surface area contributed by atoms with Crippen LogP contribution >= 0.6 is 11.6 Å². The van der Waals surface area contributed by atoms with Crippen LogP contribution in [-0.2, 0) is 6.61 Å². The third-order valence-corrected chi connectivity index (χ3v) is 4.97. The normalized spacial score (nSPS) is 10.5. The second-order valence-electron chi connectivity index (χ2n) is 7.22. The molecule has 9 nitrogen and oxygen atoms in total. The average molecular weight is 495 g/mol. The predicted octanol–water partition coefficient (Wildman–Crippen LogP) is 6.47. The van der Waals surface area contributed by atoms with Crippen molar-refractivity contribution in [1.82, 2.24) is 0 Å². The highest BCUT2D eigenvalue weighted by Crippen LogP contribution is 2.30. The molecule has 0 saturated heterocycles. The minimum atomic E-state index is -0.587. The summed E-state index contributed by atoms with van der Waals surface area (Å²) in [5.74, 6) is 1.68. The summed E-state index contributed by atoms with van der Waals surface area (Å²) in [7, 11) is 1.56. The molecule has 3 aromatic carbocycles. The fourth-order valence-corrected chi connectivity index (χ4v) is 3.20. The molecular weight excluding hydrogens is 476 g/mol. The Balaban J connectivity index is 1.45. The maximum absolute atomic E-state index is 12.7. The number of hydrogen-bond acceptors (Lipinski definition) is 7. The van der Waals surface area contributed by atoms with E-state index in [9.17, 15) is 14.9 Å². The van der Waals surface area contributed by atoms with Gasteiger partial charge in [0.1, 0.15) is 35.4 Å². The van der Waals surface area contributed by atoms with Gasteiger partial charge in [-0.15, -0.1) is 0 Å². The van der Waals surface area contributed by atoms with Gasteiger partial charge in [0.25, 0.3) is 11.6 Å². The molecule has 0 radical (unpaired) electrons. The molecule has 0 aliphatic rings. The van der Waals surface area contributed by atoms with Crippen molar-refractivity contribution in [2.75, 3.05) is 12.4 Å². The summed E-state index contributed by atoms with van der Waals surface area (Å²) in [5.41, 5.74) is -0.0858. The number of nitrogens with zero attached hydrogens (tertiary/aromatic N) is 1. The molecule has 10 heteroatoms. The lowest BCUT2D eigenvalue weighted by atomic mass is 10.2. The third kappa shape index (κ3) is 6.30. The first-order chi connectivity index (χ1) is 16.9. The topological polar surface area (TPSA) is 113 Å². The number of anilines is 1. The minimum Gasteiger partial charge on any atom is -0.497 e. The Morgan fingerprint density at radius 2 is 1.74 bits per heavy atom. The number of halogens is 1. The molecule has 35 heavy (non-hydrogen) atoms. The number of hydrogen-bond donors (Lipinski definition) is 1. The molecule has 0 saturated carbocycles. The molecule has 0 atom stereocenters. The SMILES string of the molecule is COc1cccc(OCc2ccc(C(=O)Nc3cc(Oc4ccc(Cl)cc4)cc([N+](=O)[O-])c3)o2)c1. The van der Waals surface area contributed by atoms with E-state index >= 15 is 0 Å². The van der Waals surface area contributed by atoms with E-state index < -0.39 is 10.8 Å². The summed E-state index contributed by atoms with van der Waals surface area (Å²) in [6, 6.07) is 20.6. The van der Waals surface area contributed by atoms with E-state index in [0.29, 0.717) is 28.0 Å². The highest BCUT2D eigenvalue weighted by Gasteiger charge is 2.16. The van der Waals surface area contributed by atoms with Crippen LogP contribution in [0.25, 0.3) is 0 Å². The second-order valence-corrected chi connectivity index (χ2v) is 7.65. The molecule has 0 bridgehead atoms. The standard InChI is InChI=1S/C25H19ClN2O7/c1-32-20-3-2-4-21(14-20)33-15-22-9-10-24(35-22)25(29)27-17-11-18(28(30)31)13-23(12-17)34-19-7-5-16(26)6-8-19/h2-14H,15H2,1H3,(H,27,29). The van der Waals surface area contributed by atoms with E-state index in [1.54, 1.807) is 61.7 Å². The smallest absolute Gasteiger partial charge is 0.291 e. The molecule has 1 N–H and O–H groups in total. The highest BCUT2D eigenvalue weighted by molar-refractivity contribution is 6.30. The first-order valence-corrected chi connectivity index (χ1v) is 10.7. The van der Waals surface area contributed by atoms with Crippen molar-refractivity contribution in [2.45, 2.75) is 6.61 Å². The number of amides is 1. The number of carbonyl (C=O) groups is 1. The van der Waals surface area contributed by atoms with Gasteiger partial charge in [-0.3, -0.25) is 14.9 Å². The molecule has 4 aromatic rings. The van der Waals surface area contributed by atoms with Crippen molar-refractivity contribution in [1.29, 1.82) is 0 Å². The van der Waals surface area contributed by atoms with Gasteiger partial charge in [0, 0.05) is 23.2 Å². The van der Waals surface area contributed by atoms with Crippen LogP contribution in [0.4, 0.5) is 11.4 Å². The summed E-state index contributed by atoms with van der Waals surface area (Å²) in [4.78, 5) is 23.5. The molecule has 0 unspecified atom stereocenters. The molecular formula is C25H19ClN2O7. The van der Waals surface area contributed by atoms with E-state index in [1.807, 2.05) is 0 Å². The molecule has 1 aromatic heterocycles. The van der Waals surface area contributed by atoms with Gasteiger partial charge < -0.3 is 23.9 Å². The Kier molecular flexibility index (Phi) is 7.18. The number of nitro groups is 1. The molecule has 0 fully saturated rings. The number of rotatable bonds is 9. The van der Waals surface area contributed by atoms with Crippen molar-refractivity contribution in [3.63, 3.8) is 0 Å². The van der Waals surface area contributed by atoms with Crippen molar-refractivity contribution in [2.24, 2.45) is 0 Å². The lowest BCUT2D eigenvalue weighted by molar-refractivity contribution is -0.384. The van der Waals surface area contributed by atoms with Crippen LogP contribution < -0.4 is 19.5 Å². The second kappa shape index (κ2) is 10.6. The third-order valence-electron chi connectivity index (χ3n) is 4.72. The molecule has 0 aliphatic carbocycles. The van der Waals surface area contributed by atoms with Gasteiger partial charge in [0.2, 0.25) is 0 Å². The summed E-state index contributed by atoms with van der Waals surface area (Å²) < 4.78 is 22.1. The van der Waals surface area contributed by atoms with Gasteiger partial charge in [0.05, 0.1) is 23.8 Å². The number of benzene rings is 3. The van der Waals surface area contributed by atoms with Crippen LogP contribution in [0.1, 0.15) is 16.3 Å². The number of nitrogens with one attached hydrogen (secondary N) is 1.